The zero-order chi connectivity index (χ0) is 15.4. The van der Waals surface area contributed by atoms with E-state index in [4.69, 9.17) is 15.3 Å². The van der Waals surface area contributed by atoms with Crippen LogP contribution in [0.15, 0.2) is 36.4 Å². The van der Waals surface area contributed by atoms with Crippen LogP contribution in [0.2, 0.25) is 0 Å². The first-order chi connectivity index (χ1) is 10.1. The van der Waals surface area contributed by atoms with E-state index in [1.807, 2.05) is 0 Å². The molecule has 0 bridgehead atoms. The summed E-state index contributed by atoms with van der Waals surface area (Å²) in [5, 5.41) is 0. The van der Waals surface area contributed by atoms with Gasteiger partial charge in [0.25, 0.3) is 0 Å². The van der Waals surface area contributed by atoms with Crippen molar-refractivity contribution in [2.24, 2.45) is 5.84 Å². The lowest BCUT2D eigenvalue weighted by molar-refractivity contribution is 0.387. The average molecular weight is 294 g/mol. The molecule has 0 spiro atoms. The fourth-order valence-corrected chi connectivity index (χ4v) is 2.14. The molecule has 21 heavy (non-hydrogen) atoms. The van der Waals surface area contributed by atoms with E-state index >= 15 is 0 Å². The Balaban J connectivity index is 2.50. The zero-order valence-corrected chi connectivity index (χ0v) is 11.7. The van der Waals surface area contributed by atoms with Crippen LogP contribution in [-0.2, 0) is 0 Å². The highest BCUT2D eigenvalue weighted by Crippen LogP contribution is 2.33. The molecule has 0 heterocycles. The number of nitrogens with two attached hydrogens (primary N) is 1. The molecule has 0 aliphatic carbocycles. The molecule has 1 atom stereocenters. The number of ether oxygens (including phenoxy) is 2. The minimum absolute atomic E-state index is 0.224. The molecule has 1 unspecified atom stereocenters. The summed E-state index contributed by atoms with van der Waals surface area (Å²) in [6.07, 6.45) is 0. The predicted molar refractivity (Wildman–Crippen MR) is 75.1 cm³/mol. The standard InChI is InChI=1S/C15H16F2N2O2/c1-20-10-4-6-12(14(8-10)21-2)15(19-18)11-5-3-9(16)7-13(11)17/h3-8,15,19H,18H2,1-2H3. The van der Waals surface area contributed by atoms with Crippen molar-refractivity contribution >= 4 is 0 Å². The highest BCUT2D eigenvalue weighted by molar-refractivity contribution is 5.46. The van der Waals surface area contributed by atoms with Gasteiger partial charge in [0.2, 0.25) is 0 Å². The van der Waals surface area contributed by atoms with Gasteiger partial charge in [-0.15, -0.1) is 0 Å². The Morgan fingerprint density at radius 2 is 1.71 bits per heavy atom. The molecule has 112 valence electrons. The number of hydrazine groups is 1. The average Bonchev–Trinajstić information content (AvgIpc) is 2.50. The summed E-state index contributed by atoms with van der Waals surface area (Å²) in [5.74, 6) is 5.30. The molecule has 0 saturated carbocycles. The third-order valence-electron chi connectivity index (χ3n) is 3.19. The van der Waals surface area contributed by atoms with E-state index < -0.39 is 17.7 Å². The van der Waals surface area contributed by atoms with Gasteiger partial charge in [-0.1, -0.05) is 6.07 Å². The summed E-state index contributed by atoms with van der Waals surface area (Å²) in [4.78, 5) is 0. The molecule has 2 rings (SSSR count). The first-order valence-corrected chi connectivity index (χ1v) is 6.23. The molecule has 0 radical (unpaired) electrons. The SMILES string of the molecule is COc1ccc(C(NN)c2ccc(F)cc2F)c(OC)c1. The van der Waals surface area contributed by atoms with E-state index in [-0.39, 0.29) is 5.56 Å². The maximum Gasteiger partial charge on any atom is 0.131 e. The second kappa shape index (κ2) is 6.51. The van der Waals surface area contributed by atoms with Gasteiger partial charge in [-0.2, -0.15) is 0 Å². The number of rotatable bonds is 5. The highest BCUT2D eigenvalue weighted by Gasteiger charge is 2.21. The zero-order valence-electron chi connectivity index (χ0n) is 11.7. The first kappa shape index (κ1) is 15.2. The maximum atomic E-state index is 14.0. The van der Waals surface area contributed by atoms with Crippen LogP contribution in [-0.4, -0.2) is 14.2 Å². The fraction of sp³-hybridized carbons (Fsp3) is 0.200. The molecule has 0 aromatic heterocycles. The summed E-state index contributed by atoms with van der Waals surface area (Å²) in [6, 6.07) is 7.76. The smallest absolute Gasteiger partial charge is 0.131 e. The van der Waals surface area contributed by atoms with Crippen LogP contribution in [0.25, 0.3) is 0 Å². The molecule has 2 aromatic rings. The van der Waals surface area contributed by atoms with Gasteiger partial charge in [0.1, 0.15) is 23.1 Å². The Labute approximate surface area is 121 Å². The molecular formula is C15H16F2N2O2. The number of hydrogen-bond acceptors (Lipinski definition) is 4. The van der Waals surface area contributed by atoms with Crippen molar-refractivity contribution in [3.63, 3.8) is 0 Å². The van der Waals surface area contributed by atoms with Gasteiger partial charge < -0.3 is 9.47 Å². The van der Waals surface area contributed by atoms with E-state index in [0.717, 1.165) is 6.07 Å². The lowest BCUT2D eigenvalue weighted by atomic mass is 9.97. The third kappa shape index (κ3) is 3.12. The Morgan fingerprint density at radius 1 is 1.00 bits per heavy atom. The van der Waals surface area contributed by atoms with Gasteiger partial charge in [-0.05, 0) is 18.2 Å². The van der Waals surface area contributed by atoms with Crippen molar-refractivity contribution in [1.82, 2.24) is 5.43 Å². The van der Waals surface area contributed by atoms with Crippen LogP contribution in [0.1, 0.15) is 17.2 Å². The van der Waals surface area contributed by atoms with Crippen LogP contribution < -0.4 is 20.7 Å². The maximum absolute atomic E-state index is 14.0. The van der Waals surface area contributed by atoms with Crippen molar-refractivity contribution in [2.45, 2.75) is 6.04 Å². The summed E-state index contributed by atoms with van der Waals surface area (Å²) < 4.78 is 37.4. The topological polar surface area (TPSA) is 56.5 Å². The fourth-order valence-electron chi connectivity index (χ4n) is 2.14. The molecular weight excluding hydrogens is 278 g/mol. The Bertz CT molecular complexity index is 635. The van der Waals surface area contributed by atoms with Crippen molar-refractivity contribution in [2.75, 3.05) is 14.2 Å². The van der Waals surface area contributed by atoms with Gasteiger partial charge in [0.15, 0.2) is 0 Å². The van der Waals surface area contributed by atoms with Gasteiger partial charge in [0, 0.05) is 23.3 Å². The van der Waals surface area contributed by atoms with Gasteiger partial charge in [-0.25, -0.2) is 14.2 Å². The van der Waals surface area contributed by atoms with Crippen LogP contribution in [0, 0.1) is 11.6 Å². The van der Waals surface area contributed by atoms with E-state index in [1.54, 1.807) is 18.2 Å². The number of methoxy groups -OCH3 is 2. The highest BCUT2D eigenvalue weighted by atomic mass is 19.1. The monoisotopic (exact) mass is 294 g/mol. The quantitative estimate of drug-likeness (QED) is 0.657. The Kier molecular flexibility index (Phi) is 4.72. The van der Waals surface area contributed by atoms with Gasteiger partial charge in [-0.3, -0.25) is 5.84 Å². The molecule has 3 N–H and O–H groups in total. The third-order valence-corrected chi connectivity index (χ3v) is 3.19. The summed E-state index contributed by atoms with van der Waals surface area (Å²) in [6.45, 7) is 0. The van der Waals surface area contributed by atoms with Crippen molar-refractivity contribution in [3.8, 4) is 11.5 Å². The molecule has 6 heteroatoms. The summed E-state index contributed by atoms with van der Waals surface area (Å²) in [7, 11) is 3.03. The molecule has 4 nitrogen and oxygen atoms in total. The molecule has 0 aliphatic heterocycles. The molecule has 0 saturated heterocycles. The van der Waals surface area contributed by atoms with Crippen molar-refractivity contribution < 1.29 is 18.3 Å². The molecule has 2 aromatic carbocycles. The second-order valence-corrected chi connectivity index (χ2v) is 4.37. The summed E-state index contributed by atoms with van der Waals surface area (Å²) >= 11 is 0. The van der Waals surface area contributed by atoms with E-state index in [0.29, 0.717) is 17.1 Å². The summed E-state index contributed by atoms with van der Waals surface area (Å²) in [5.41, 5.74) is 3.37. The van der Waals surface area contributed by atoms with Crippen LogP contribution >= 0.6 is 0 Å². The first-order valence-electron chi connectivity index (χ1n) is 6.23. The number of nitrogens with one attached hydrogen (secondary N) is 1. The Morgan fingerprint density at radius 3 is 2.29 bits per heavy atom. The molecule has 0 aliphatic rings. The van der Waals surface area contributed by atoms with E-state index in [1.165, 1.54) is 26.4 Å². The second-order valence-electron chi connectivity index (χ2n) is 4.37. The van der Waals surface area contributed by atoms with Crippen LogP contribution in [0.4, 0.5) is 8.78 Å². The van der Waals surface area contributed by atoms with Gasteiger partial charge >= 0.3 is 0 Å². The minimum atomic E-state index is -0.684. The predicted octanol–water partition coefficient (Wildman–Crippen LogP) is 2.53. The van der Waals surface area contributed by atoms with Crippen LogP contribution in [0.5, 0.6) is 11.5 Å². The number of halogens is 2. The number of benzene rings is 2. The van der Waals surface area contributed by atoms with Crippen molar-refractivity contribution in [3.05, 3.63) is 59.2 Å². The molecule has 0 amide bonds. The van der Waals surface area contributed by atoms with Gasteiger partial charge in [0.05, 0.1) is 20.3 Å². The number of hydrogen-bond donors (Lipinski definition) is 2. The molecule has 0 fully saturated rings. The normalized spacial score (nSPS) is 12.0. The Hall–Kier alpha value is -2.18. The van der Waals surface area contributed by atoms with Crippen LogP contribution in [0.3, 0.4) is 0 Å². The lowest BCUT2D eigenvalue weighted by Crippen LogP contribution is -2.30. The van der Waals surface area contributed by atoms with Crippen molar-refractivity contribution in [1.29, 1.82) is 0 Å². The largest absolute Gasteiger partial charge is 0.497 e. The van der Waals surface area contributed by atoms with E-state index in [9.17, 15) is 8.78 Å². The lowest BCUT2D eigenvalue weighted by Gasteiger charge is -2.20. The minimum Gasteiger partial charge on any atom is -0.497 e. The van der Waals surface area contributed by atoms with E-state index in [2.05, 4.69) is 5.43 Å².